The van der Waals surface area contributed by atoms with Gasteiger partial charge in [-0.25, -0.2) is 4.79 Å². The zero-order chi connectivity index (χ0) is 25.8. The number of anilines is 1. The fraction of sp³-hybridized carbons (Fsp3) is 0.161. The Morgan fingerprint density at radius 2 is 1.59 bits per heavy atom. The highest BCUT2D eigenvalue weighted by Gasteiger charge is 2.24. The zero-order valence-electron chi connectivity index (χ0n) is 20.5. The Balaban J connectivity index is 1.31. The lowest BCUT2D eigenvalue weighted by atomic mass is 9.94. The lowest BCUT2D eigenvalue weighted by Gasteiger charge is -2.36. The Bertz CT molecular complexity index is 1450. The van der Waals surface area contributed by atoms with Crippen LogP contribution in [-0.4, -0.2) is 54.7 Å². The molecule has 0 aliphatic carbocycles. The number of amides is 1. The molecule has 1 heterocycles. The van der Waals surface area contributed by atoms with E-state index in [1.165, 1.54) is 0 Å². The van der Waals surface area contributed by atoms with Crippen LogP contribution in [0.1, 0.15) is 20.7 Å². The molecule has 1 amide bonds. The second-order valence-electron chi connectivity index (χ2n) is 8.97. The Hall–Kier alpha value is -4.58. The van der Waals surface area contributed by atoms with Crippen LogP contribution in [0.2, 0.25) is 0 Å². The molecule has 1 aliphatic rings. The number of carbonyl (C=O) groups is 2. The molecule has 0 saturated carbocycles. The van der Waals surface area contributed by atoms with Crippen molar-refractivity contribution in [1.29, 1.82) is 0 Å². The third-order valence-corrected chi connectivity index (χ3v) is 6.68. The summed E-state index contributed by atoms with van der Waals surface area (Å²) in [5, 5.41) is 11.8. The molecule has 0 atom stereocenters. The van der Waals surface area contributed by atoms with Gasteiger partial charge in [0.15, 0.2) is 0 Å². The third-order valence-electron chi connectivity index (χ3n) is 6.68. The maximum atomic E-state index is 13.6. The van der Waals surface area contributed by atoms with Crippen molar-refractivity contribution in [3.8, 4) is 16.9 Å². The van der Waals surface area contributed by atoms with Crippen LogP contribution in [0, 0.1) is 0 Å². The largest absolute Gasteiger partial charge is 0.508 e. The Morgan fingerprint density at radius 1 is 0.865 bits per heavy atom. The monoisotopic (exact) mass is 492 g/mol. The van der Waals surface area contributed by atoms with Gasteiger partial charge in [-0.3, -0.25) is 4.79 Å². The smallest absolute Gasteiger partial charge is 0.338 e. The van der Waals surface area contributed by atoms with Crippen molar-refractivity contribution in [2.45, 2.75) is 0 Å². The molecule has 1 fully saturated rings. The summed E-state index contributed by atoms with van der Waals surface area (Å²) in [6, 6.07) is 26.3. The lowest BCUT2D eigenvalue weighted by molar-refractivity contribution is 0.0549. The van der Waals surface area contributed by atoms with Gasteiger partial charge in [0, 0.05) is 37.4 Å². The number of carbonyl (C=O) groups excluding carboxylic acids is 2. The summed E-state index contributed by atoms with van der Waals surface area (Å²) >= 11 is 0. The molecule has 0 bridgehead atoms. The predicted molar refractivity (Wildman–Crippen MR) is 146 cm³/mol. The number of benzene rings is 4. The Morgan fingerprint density at radius 3 is 2.30 bits per heavy atom. The van der Waals surface area contributed by atoms with Crippen molar-refractivity contribution in [3.63, 3.8) is 0 Å². The number of esters is 1. The number of ether oxygens (including phenoxy) is 1. The van der Waals surface area contributed by atoms with Crippen molar-refractivity contribution in [2.75, 3.05) is 37.7 Å². The van der Waals surface area contributed by atoms with E-state index in [4.69, 9.17) is 4.74 Å². The van der Waals surface area contributed by atoms with E-state index in [0.29, 0.717) is 37.3 Å². The molecule has 0 aromatic heterocycles. The summed E-state index contributed by atoms with van der Waals surface area (Å²) in [7, 11) is 0. The first-order valence-electron chi connectivity index (χ1n) is 12.3. The molecule has 0 radical (unpaired) electrons. The van der Waals surface area contributed by atoms with Crippen LogP contribution in [0.15, 0.2) is 97.6 Å². The van der Waals surface area contributed by atoms with E-state index in [9.17, 15) is 14.7 Å². The maximum absolute atomic E-state index is 13.6. The first-order chi connectivity index (χ1) is 18.0. The highest BCUT2D eigenvalue weighted by molar-refractivity contribution is 6.11. The number of rotatable bonds is 6. The van der Waals surface area contributed by atoms with Gasteiger partial charge in [-0.2, -0.15) is 0 Å². The molecular formula is C31H28N2O4. The van der Waals surface area contributed by atoms with E-state index < -0.39 is 0 Å². The highest BCUT2D eigenvalue weighted by Crippen LogP contribution is 2.33. The SMILES string of the molecule is C=CCOC(=O)c1ccc(N2CCN(C(=O)c3ccc(-c4cccc(O)c4)c4ccccc34)CC2)cc1. The van der Waals surface area contributed by atoms with Gasteiger partial charge in [-0.05, 0) is 64.4 Å². The molecule has 4 aromatic rings. The van der Waals surface area contributed by atoms with Crippen LogP contribution in [0.5, 0.6) is 5.75 Å². The van der Waals surface area contributed by atoms with Gasteiger partial charge in [0.05, 0.1) is 5.56 Å². The number of fused-ring (bicyclic) bond motifs is 1. The van der Waals surface area contributed by atoms with Gasteiger partial charge in [-0.1, -0.05) is 55.1 Å². The third kappa shape index (κ3) is 5.05. The normalized spacial score (nSPS) is 13.4. The molecule has 37 heavy (non-hydrogen) atoms. The van der Waals surface area contributed by atoms with Gasteiger partial charge in [0.25, 0.3) is 5.91 Å². The highest BCUT2D eigenvalue weighted by atomic mass is 16.5. The fourth-order valence-electron chi connectivity index (χ4n) is 4.78. The van der Waals surface area contributed by atoms with E-state index in [-0.39, 0.29) is 24.2 Å². The summed E-state index contributed by atoms with van der Waals surface area (Å²) < 4.78 is 5.09. The van der Waals surface area contributed by atoms with Crippen molar-refractivity contribution in [1.82, 2.24) is 4.90 Å². The number of phenols is 1. The van der Waals surface area contributed by atoms with Crippen LogP contribution < -0.4 is 4.90 Å². The quantitative estimate of drug-likeness (QED) is 0.284. The average Bonchev–Trinajstić information content (AvgIpc) is 2.95. The molecule has 6 heteroatoms. The number of hydrogen-bond donors (Lipinski definition) is 1. The number of nitrogens with zero attached hydrogens (tertiary/aromatic N) is 2. The minimum absolute atomic E-state index is 0.0126. The van der Waals surface area contributed by atoms with E-state index in [0.717, 1.165) is 27.6 Å². The van der Waals surface area contributed by atoms with Crippen LogP contribution >= 0.6 is 0 Å². The second-order valence-corrected chi connectivity index (χ2v) is 8.97. The zero-order valence-corrected chi connectivity index (χ0v) is 20.5. The second kappa shape index (κ2) is 10.6. The van der Waals surface area contributed by atoms with Crippen molar-refractivity contribution >= 4 is 28.3 Å². The lowest BCUT2D eigenvalue weighted by Crippen LogP contribution is -2.48. The molecule has 1 saturated heterocycles. The van der Waals surface area contributed by atoms with Gasteiger partial charge in [0.2, 0.25) is 0 Å². The average molecular weight is 493 g/mol. The predicted octanol–water partition coefficient (Wildman–Crippen LogP) is 5.52. The topological polar surface area (TPSA) is 70.1 Å². The molecule has 5 rings (SSSR count). The number of aromatic hydroxyl groups is 1. The number of piperazine rings is 1. The van der Waals surface area contributed by atoms with Crippen LogP contribution in [0.4, 0.5) is 5.69 Å². The summed E-state index contributed by atoms with van der Waals surface area (Å²) in [6.07, 6.45) is 1.54. The summed E-state index contributed by atoms with van der Waals surface area (Å²) in [6.45, 7) is 6.34. The Kier molecular flexibility index (Phi) is 6.90. The van der Waals surface area contributed by atoms with Gasteiger partial charge >= 0.3 is 5.97 Å². The first-order valence-corrected chi connectivity index (χ1v) is 12.3. The number of phenolic OH excluding ortho intramolecular Hbond substituents is 1. The van der Waals surface area contributed by atoms with E-state index in [1.807, 2.05) is 65.6 Å². The van der Waals surface area contributed by atoms with Gasteiger partial charge in [-0.15, -0.1) is 0 Å². The molecule has 1 N–H and O–H groups in total. The fourth-order valence-corrected chi connectivity index (χ4v) is 4.78. The van der Waals surface area contributed by atoms with Crippen LogP contribution in [0.25, 0.3) is 21.9 Å². The summed E-state index contributed by atoms with van der Waals surface area (Å²) in [4.78, 5) is 29.7. The maximum Gasteiger partial charge on any atom is 0.338 e. The molecule has 6 nitrogen and oxygen atoms in total. The van der Waals surface area contributed by atoms with Gasteiger partial charge < -0.3 is 19.6 Å². The van der Waals surface area contributed by atoms with Crippen molar-refractivity contribution in [2.24, 2.45) is 0 Å². The summed E-state index contributed by atoms with van der Waals surface area (Å²) in [5.41, 5.74) is 4.07. The Labute approximate surface area is 216 Å². The molecular weight excluding hydrogens is 464 g/mol. The van der Waals surface area contributed by atoms with E-state index in [1.54, 1.807) is 30.3 Å². The van der Waals surface area contributed by atoms with E-state index >= 15 is 0 Å². The van der Waals surface area contributed by atoms with Crippen LogP contribution in [0.3, 0.4) is 0 Å². The molecule has 186 valence electrons. The van der Waals surface area contributed by atoms with Gasteiger partial charge in [0.1, 0.15) is 12.4 Å². The van der Waals surface area contributed by atoms with Crippen molar-refractivity contribution < 1.29 is 19.4 Å². The number of hydrogen-bond acceptors (Lipinski definition) is 5. The van der Waals surface area contributed by atoms with E-state index in [2.05, 4.69) is 11.5 Å². The first kappa shape index (κ1) is 24.1. The molecule has 4 aromatic carbocycles. The van der Waals surface area contributed by atoms with Crippen molar-refractivity contribution in [3.05, 3.63) is 109 Å². The standard InChI is InChI=1S/C31H28N2O4/c1-2-20-37-31(36)22-10-12-24(13-11-22)32-16-18-33(19-17-32)30(35)29-15-14-26(23-6-5-7-25(34)21-23)27-8-3-4-9-28(27)29/h2-15,21,34H,1,16-20H2. The van der Waals surface area contributed by atoms with Crippen LogP contribution in [-0.2, 0) is 4.74 Å². The molecule has 0 spiro atoms. The molecule has 0 unspecified atom stereocenters. The molecule has 1 aliphatic heterocycles. The minimum atomic E-state index is -0.371. The minimum Gasteiger partial charge on any atom is -0.508 e. The summed E-state index contributed by atoms with van der Waals surface area (Å²) in [5.74, 6) is -0.148.